The van der Waals surface area contributed by atoms with Gasteiger partial charge in [0.2, 0.25) is 5.88 Å². The lowest BCUT2D eigenvalue weighted by Crippen LogP contribution is -2.12. The van der Waals surface area contributed by atoms with Gasteiger partial charge in [-0.3, -0.25) is 4.79 Å². The molecule has 1 N–H and O–H groups in total. The summed E-state index contributed by atoms with van der Waals surface area (Å²) in [6, 6.07) is 7.36. The van der Waals surface area contributed by atoms with Crippen LogP contribution in [0.4, 0.5) is 10.1 Å². The average Bonchev–Trinajstić information content (AvgIpc) is 2.42. The van der Waals surface area contributed by atoms with Crippen LogP contribution in [0.25, 0.3) is 0 Å². The van der Waals surface area contributed by atoms with E-state index in [1.807, 2.05) is 0 Å². The number of benzene rings is 1. The van der Waals surface area contributed by atoms with Crippen molar-refractivity contribution in [2.24, 2.45) is 0 Å². The first-order valence-electron chi connectivity index (χ1n) is 5.36. The summed E-state index contributed by atoms with van der Waals surface area (Å²) in [5.41, 5.74) is 0.885. The van der Waals surface area contributed by atoms with Crippen LogP contribution >= 0.6 is 15.9 Å². The molecular formula is C13H10BrFN2O2. The Hall–Kier alpha value is -1.95. The third-order valence-electron chi connectivity index (χ3n) is 2.39. The van der Waals surface area contributed by atoms with Crippen molar-refractivity contribution < 1.29 is 13.9 Å². The molecule has 1 aromatic carbocycles. The molecule has 4 nitrogen and oxygen atoms in total. The first-order valence-corrected chi connectivity index (χ1v) is 6.16. The van der Waals surface area contributed by atoms with Gasteiger partial charge in [-0.05, 0) is 40.2 Å². The number of rotatable bonds is 3. The number of anilines is 1. The number of nitrogens with zero attached hydrogens (tertiary/aromatic N) is 1. The van der Waals surface area contributed by atoms with E-state index in [0.717, 1.165) is 0 Å². The molecule has 2 aromatic rings. The monoisotopic (exact) mass is 324 g/mol. The first-order chi connectivity index (χ1) is 9.10. The Kier molecular flexibility index (Phi) is 4.11. The van der Waals surface area contributed by atoms with Crippen molar-refractivity contribution in [1.82, 2.24) is 4.98 Å². The molecule has 0 aliphatic rings. The molecule has 0 fully saturated rings. The molecular weight excluding hydrogens is 315 g/mol. The summed E-state index contributed by atoms with van der Waals surface area (Å²) >= 11 is 3.03. The van der Waals surface area contributed by atoms with E-state index in [0.29, 0.717) is 17.1 Å². The molecule has 0 aliphatic heterocycles. The number of halogens is 2. The summed E-state index contributed by atoms with van der Waals surface area (Å²) < 4.78 is 18.2. The lowest BCUT2D eigenvalue weighted by molar-refractivity contribution is 0.102. The number of carbonyl (C=O) groups is 1. The normalized spacial score (nSPS) is 10.1. The van der Waals surface area contributed by atoms with Crippen LogP contribution in [0.1, 0.15) is 10.4 Å². The van der Waals surface area contributed by atoms with E-state index >= 15 is 0 Å². The molecule has 0 saturated heterocycles. The van der Waals surface area contributed by atoms with Gasteiger partial charge in [-0.1, -0.05) is 0 Å². The van der Waals surface area contributed by atoms with Gasteiger partial charge in [0.05, 0.1) is 23.5 Å². The highest BCUT2D eigenvalue weighted by molar-refractivity contribution is 9.10. The molecule has 0 saturated carbocycles. The lowest BCUT2D eigenvalue weighted by Gasteiger charge is -2.06. The Morgan fingerprint density at radius 2 is 2.16 bits per heavy atom. The first kappa shape index (κ1) is 13.5. The summed E-state index contributed by atoms with van der Waals surface area (Å²) in [5.74, 6) is -0.294. The van der Waals surface area contributed by atoms with E-state index in [1.54, 1.807) is 12.1 Å². The number of amides is 1. The van der Waals surface area contributed by atoms with Crippen molar-refractivity contribution in [2.45, 2.75) is 0 Å². The third kappa shape index (κ3) is 3.29. The molecule has 0 unspecified atom stereocenters. The molecule has 0 radical (unpaired) electrons. The summed E-state index contributed by atoms with van der Waals surface area (Å²) in [7, 11) is 1.51. The number of nitrogens with one attached hydrogen (secondary N) is 1. The molecule has 2 rings (SSSR count). The molecule has 0 aliphatic carbocycles. The minimum atomic E-state index is -0.414. The maximum absolute atomic E-state index is 13.1. The van der Waals surface area contributed by atoms with Gasteiger partial charge in [-0.15, -0.1) is 0 Å². The molecule has 6 heteroatoms. The van der Waals surface area contributed by atoms with Gasteiger partial charge in [0.25, 0.3) is 5.91 Å². The Balaban J connectivity index is 2.13. The topological polar surface area (TPSA) is 51.2 Å². The van der Waals surface area contributed by atoms with Crippen LogP contribution in [0.2, 0.25) is 0 Å². The summed E-state index contributed by atoms with van der Waals surface area (Å²) in [5, 5.41) is 2.66. The zero-order chi connectivity index (χ0) is 13.8. The van der Waals surface area contributed by atoms with E-state index < -0.39 is 5.82 Å². The number of ether oxygens (including phenoxy) is 1. The number of carbonyl (C=O) groups excluding carboxylic acids is 1. The minimum Gasteiger partial charge on any atom is -0.481 e. The van der Waals surface area contributed by atoms with E-state index in [2.05, 4.69) is 26.2 Å². The summed E-state index contributed by atoms with van der Waals surface area (Å²) in [6.45, 7) is 0. The number of methoxy groups -OCH3 is 1. The summed E-state index contributed by atoms with van der Waals surface area (Å²) in [4.78, 5) is 15.9. The van der Waals surface area contributed by atoms with E-state index in [4.69, 9.17) is 4.74 Å². The van der Waals surface area contributed by atoms with Crippen LogP contribution < -0.4 is 10.1 Å². The predicted molar refractivity (Wildman–Crippen MR) is 72.8 cm³/mol. The summed E-state index contributed by atoms with van der Waals surface area (Å²) in [6.07, 6.45) is 1.48. The Labute approximate surface area is 117 Å². The van der Waals surface area contributed by atoms with Crippen molar-refractivity contribution in [3.8, 4) is 5.88 Å². The Morgan fingerprint density at radius 1 is 1.37 bits per heavy atom. The van der Waals surface area contributed by atoms with Crippen molar-refractivity contribution in [2.75, 3.05) is 12.4 Å². The Bertz CT molecular complexity index is 602. The van der Waals surface area contributed by atoms with Crippen LogP contribution in [0.3, 0.4) is 0 Å². The average molecular weight is 325 g/mol. The smallest absolute Gasteiger partial charge is 0.255 e. The fourth-order valence-electron chi connectivity index (χ4n) is 1.42. The molecule has 0 spiro atoms. The van der Waals surface area contributed by atoms with E-state index in [-0.39, 0.29) is 10.4 Å². The molecule has 1 aromatic heterocycles. The molecule has 0 bridgehead atoms. The second-order valence-corrected chi connectivity index (χ2v) is 4.53. The van der Waals surface area contributed by atoms with Crippen LogP contribution in [0.5, 0.6) is 5.88 Å². The number of hydrogen-bond acceptors (Lipinski definition) is 3. The van der Waals surface area contributed by atoms with Gasteiger partial charge in [-0.2, -0.15) is 0 Å². The van der Waals surface area contributed by atoms with Crippen LogP contribution in [0, 0.1) is 5.82 Å². The minimum absolute atomic E-state index is 0.244. The predicted octanol–water partition coefficient (Wildman–Crippen LogP) is 3.24. The lowest BCUT2D eigenvalue weighted by atomic mass is 10.2. The van der Waals surface area contributed by atoms with Crippen LogP contribution in [-0.2, 0) is 0 Å². The van der Waals surface area contributed by atoms with Crippen LogP contribution in [0.15, 0.2) is 41.0 Å². The van der Waals surface area contributed by atoms with Crippen LogP contribution in [-0.4, -0.2) is 18.0 Å². The molecule has 1 heterocycles. The maximum Gasteiger partial charge on any atom is 0.255 e. The zero-order valence-electron chi connectivity index (χ0n) is 9.98. The number of pyridine rings is 1. The van der Waals surface area contributed by atoms with Crippen molar-refractivity contribution in [3.63, 3.8) is 0 Å². The molecule has 98 valence electrons. The second kappa shape index (κ2) is 5.79. The molecule has 0 atom stereocenters. The van der Waals surface area contributed by atoms with Gasteiger partial charge in [0, 0.05) is 11.6 Å². The largest absolute Gasteiger partial charge is 0.481 e. The zero-order valence-corrected chi connectivity index (χ0v) is 11.6. The van der Waals surface area contributed by atoms with Crippen molar-refractivity contribution in [1.29, 1.82) is 0 Å². The molecule has 19 heavy (non-hydrogen) atoms. The van der Waals surface area contributed by atoms with Gasteiger partial charge in [0.1, 0.15) is 5.82 Å². The van der Waals surface area contributed by atoms with Gasteiger partial charge in [0.15, 0.2) is 0 Å². The second-order valence-electron chi connectivity index (χ2n) is 3.67. The third-order valence-corrected chi connectivity index (χ3v) is 2.99. The Morgan fingerprint density at radius 3 is 2.74 bits per heavy atom. The highest BCUT2D eigenvalue weighted by Gasteiger charge is 2.09. The van der Waals surface area contributed by atoms with Gasteiger partial charge < -0.3 is 10.1 Å². The fraction of sp³-hybridized carbons (Fsp3) is 0.0769. The van der Waals surface area contributed by atoms with E-state index in [9.17, 15) is 9.18 Å². The van der Waals surface area contributed by atoms with Gasteiger partial charge in [-0.25, -0.2) is 9.37 Å². The van der Waals surface area contributed by atoms with Crippen molar-refractivity contribution >= 4 is 27.5 Å². The quantitative estimate of drug-likeness (QED) is 0.942. The van der Waals surface area contributed by atoms with E-state index in [1.165, 1.54) is 31.5 Å². The number of aromatic nitrogens is 1. The number of hydrogen-bond donors (Lipinski definition) is 1. The fourth-order valence-corrected chi connectivity index (χ4v) is 1.79. The SMILES string of the molecule is COc1ccc(NC(=O)c2ccc(F)c(Br)c2)cn1. The maximum atomic E-state index is 13.1. The van der Waals surface area contributed by atoms with Gasteiger partial charge >= 0.3 is 0 Å². The highest BCUT2D eigenvalue weighted by Crippen LogP contribution is 2.18. The van der Waals surface area contributed by atoms with Crippen molar-refractivity contribution in [3.05, 3.63) is 52.4 Å². The highest BCUT2D eigenvalue weighted by atomic mass is 79.9. The molecule has 1 amide bonds. The standard InChI is InChI=1S/C13H10BrFN2O2/c1-19-12-5-3-9(7-16-12)17-13(18)8-2-4-11(15)10(14)6-8/h2-7H,1H3,(H,17,18).